The number of aryl methyl sites for hydroxylation is 1. The highest BCUT2D eigenvalue weighted by atomic mass is 127. The van der Waals surface area contributed by atoms with E-state index in [4.69, 9.17) is 4.74 Å². The van der Waals surface area contributed by atoms with Crippen molar-refractivity contribution in [1.29, 1.82) is 0 Å². The van der Waals surface area contributed by atoms with Gasteiger partial charge in [0.25, 0.3) is 0 Å². The van der Waals surface area contributed by atoms with Crippen LogP contribution in [0.2, 0.25) is 0 Å². The zero-order valence-corrected chi connectivity index (χ0v) is 21.8. The molecule has 0 spiro atoms. The number of nitrogens with zero attached hydrogens (tertiary/aromatic N) is 3. The maximum atomic E-state index is 12.6. The zero-order valence-electron chi connectivity index (χ0n) is 18.7. The second-order valence-electron chi connectivity index (χ2n) is 7.26. The van der Waals surface area contributed by atoms with E-state index >= 15 is 0 Å². The second-order valence-corrected chi connectivity index (χ2v) is 9.59. The number of amides is 2. The van der Waals surface area contributed by atoms with E-state index < -0.39 is 21.3 Å². The summed E-state index contributed by atoms with van der Waals surface area (Å²) >= 11 is 3.39. The Labute approximate surface area is 205 Å². The van der Waals surface area contributed by atoms with Gasteiger partial charge >= 0.3 is 5.91 Å². The molecule has 1 aromatic heterocycles. The first kappa shape index (κ1) is 26.0. The van der Waals surface area contributed by atoms with E-state index in [2.05, 4.69) is 29.2 Å². The summed E-state index contributed by atoms with van der Waals surface area (Å²) in [5.41, 5.74) is 2.94. The van der Waals surface area contributed by atoms with E-state index in [9.17, 15) is 9.59 Å². The van der Waals surface area contributed by atoms with Crippen molar-refractivity contribution in [2.24, 2.45) is 3.15 Å². The number of aromatic nitrogens is 1. The SMILES string of the molecule is CC(=O)NCCCN(I=NC(=O)c1cccc(C)n1)/C(=C\S)c1ccc(OC(C)C)cc1. The molecule has 0 atom stereocenters. The molecule has 0 aliphatic heterocycles. The lowest BCUT2D eigenvalue weighted by molar-refractivity contribution is -0.118. The van der Waals surface area contributed by atoms with Crippen LogP contribution in [0.5, 0.6) is 5.75 Å². The van der Waals surface area contributed by atoms with Crippen LogP contribution in [0.3, 0.4) is 0 Å². The molecular formula is C23H29IN4O3S. The lowest BCUT2D eigenvalue weighted by Crippen LogP contribution is -2.24. The molecule has 0 saturated carbocycles. The topological polar surface area (TPSA) is 83.9 Å². The molecule has 0 bridgehead atoms. The third kappa shape index (κ3) is 8.70. The fourth-order valence-corrected chi connectivity index (χ4v) is 5.14. The van der Waals surface area contributed by atoms with E-state index in [1.165, 1.54) is 6.92 Å². The molecule has 32 heavy (non-hydrogen) atoms. The highest BCUT2D eigenvalue weighted by Gasteiger charge is 2.13. The number of hydrogen-bond acceptors (Lipinski definition) is 5. The van der Waals surface area contributed by atoms with Gasteiger partial charge < -0.3 is 13.2 Å². The normalized spacial score (nSPS) is 11.9. The number of benzene rings is 1. The van der Waals surface area contributed by atoms with Gasteiger partial charge in [-0.25, -0.2) is 4.98 Å². The molecule has 2 amide bonds. The molecule has 172 valence electrons. The summed E-state index contributed by atoms with van der Waals surface area (Å²) in [6.45, 7) is 8.47. The molecule has 1 heterocycles. The lowest BCUT2D eigenvalue weighted by atomic mass is 10.1. The Hall–Kier alpha value is -2.27. The van der Waals surface area contributed by atoms with Gasteiger partial charge in [0, 0.05) is 25.7 Å². The summed E-state index contributed by atoms with van der Waals surface area (Å²) in [7, 11) is 0. The smallest absolute Gasteiger partial charge is 0.301 e. The van der Waals surface area contributed by atoms with Crippen molar-refractivity contribution in [3.8, 4) is 5.75 Å². The van der Waals surface area contributed by atoms with Crippen LogP contribution in [-0.2, 0) is 4.79 Å². The van der Waals surface area contributed by atoms with E-state index in [0.717, 1.165) is 22.7 Å². The maximum Gasteiger partial charge on any atom is 0.301 e. The first-order valence-corrected chi connectivity index (χ1v) is 12.7. The third-order valence-electron chi connectivity index (χ3n) is 4.12. The van der Waals surface area contributed by atoms with Crippen LogP contribution in [0.15, 0.2) is 51.0 Å². The fraction of sp³-hybridized carbons (Fsp3) is 0.348. The van der Waals surface area contributed by atoms with Crippen LogP contribution < -0.4 is 10.1 Å². The van der Waals surface area contributed by atoms with Gasteiger partial charge in [-0.3, -0.25) is 9.59 Å². The van der Waals surface area contributed by atoms with Crippen molar-refractivity contribution in [2.45, 2.75) is 40.2 Å². The van der Waals surface area contributed by atoms with Gasteiger partial charge in [-0.2, -0.15) is 3.15 Å². The van der Waals surface area contributed by atoms with E-state index in [-0.39, 0.29) is 17.9 Å². The highest BCUT2D eigenvalue weighted by molar-refractivity contribution is 14.1. The largest absolute Gasteiger partial charge is 0.491 e. The standard InChI is InChI=1S/C23H29IN4O3S/c1-16(2)31-20-11-9-19(10-12-20)22(15-32)28(14-6-13-25-18(4)29)24-27-23(30)21-8-5-7-17(3)26-21/h5,7-12,15-16,32H,6,13-14H2,1-4H3,(H,25,29)/b22-15-. The number of rotatable bonds is 10. The molecule has 2 aromatic rings. The Balaban J connectivity index is 2.23. The van der Waals surface area contributed by atoms with Gasteiger partial charge in [0.2, 0.25) is 5.91 Å². The number of carbonyl (C=O) groups is 2. The lowest BCUT2D eigenvalue weighted by Gasteiger charge is -2.22. The van der Waals surface area contributed by atoms with Crippen molar-refractivity contribution in [3.63, 3.8) is 0 Å². The number of nitrogens with one attached hydrogen (secondary N) is 1. The van der Waals surface area contributed by atoms with Gasteiger partial charge in [0.05, 0.1) is 11.8 Å². The summed E-state index contributed by atoms with van der Waals surface area (Å²) in [6, 6.07) is 13.1. The summed E-state index contributed by atoms with van der Waals surface area (Å²) in [6.07, 6.45) is 0.808. The minimum Gasteiger partial charge on any atom is -0.491 e. The molecule has 7 nitrogen and oxygen atoms in total. The number of carbonyl (C=O) groups excluding carboxylic acids is 2. The molecule has 1 aromatic carbocycles. The van der Waals surface area contributed by atoms with Crippen LogP contribution in [0.1, 0.15) is 48.9 Å². The predicted molar refractivity (Wildman–Crippen MR) is 139 cm³/mol. The fourth-order valence-electron chi connectivity index (χ4n) is 2.72. The van der Waals surface area contributed by atoms with Crippen molar-refractivity contribution < 1.29 is 14.3 Å². The first-order valence-electron chi connectivity index (χ1n) is 10.3. The van der Waals surface area contributed by atoms with Gasteiger partial charge in [-0.05, 0) is 74.6 Å². The molecule has 0 fully saturated rings. The van der Waals surface area contributed by atoms with Crippen LogP contribution in [0.4, 0.5) is 0 Å². The Kier molecular flexibility index (Phi) is 10.8. The molecule has 1 N–H and O–H groups in total. The van der Waals surface area contributed by atoms with E-state index in [1.807, 2.05) is 51.1 Å². The number of thiol groups is 1. The maximum absolute atomic E-state index is 12.6. The number of hydrogen-bond donors (Lipinski definition) is 2. The van der Waals surface area contributed by atoms with Gasteiger partial charge in [-0.1, -0.05) is 6.07 Å². The summed E-state index contributed by atoms with van der Waals surface area (Å²) in [5, 5.41) is 4.53. The first-order chi connectivity index (χ1) is 15.3. The second kappa shape index (κ2) is 13.3. The highest BCUT2D eigenvalue weighted by Crippen LogP contribution is 2.30. The van der Waals surface area contributed by atoms with E-state index in [0.29, 0.717) is 25.2 Å². The zero-order chi connectivity index (χ0) is 23.5. The minimum atomic E-state index is -1.04. The Morgan fingerprint density at radius 1 is 1.25 bits per heavy atom. The number of ether oxygens (including phenoxy) is 1. The molecule has 0 radical (unpaired) electrons. The monoisotopic (exact) mass is 568 g/mol. The Bertz CT molecular complexity index is 977. The molecule has 0 saturated heterocycles. The average molecular weight is 568 g/mol. The summed E-state index contributed by atoms with van der Waals surface area (Å²) in [5.74, 6) is 0.398. The number of halogens is 1. The van der Waals surface area contributed by atoms with Crippen molar-refractivity contribution in [2.75, 3.05) is 13.1 Å². The summed E-state index contributed by atoms with van der Waals surface area (Å²) < 4.78 is 12.1. The van der Waals surface area contributed by atoms with Gasteiger partial charge in [0.1, 0.15) is 32.8 Å². The van der Waals surface area contributed by atoms with Gasteiger partial charge in [-0.15, -0.1) is 12.6 Å². The molecule has 0 unspecified atom stereocenters. The summed E-state index contributed by atoms with van der Waals surface area (Å²) in [4.78, 5) is 28.0. The Morgan fingerprint density at radius 3 is 2.56 bits per heavy atom. The Morgan fingerprint density at radius 2 is 1.97 bits per heavy atom. The van der Waals surface area contributed by atoms with Crippen LogP contribution >= 0.6 is 33.9 Å². The van der Waals surface area contributed by atoms with Gasteiger partial charge in [0.15, 0.2) is 0 Å². The van der Waals surface area contributed by atoms with Crippen molar-refractivity contribution in [3.05, 3.63) is 64.8 Å². The van der Waals surface area contributed by atoms with Crippen molar-refractivity contribution in [1.82, 2.24) is 13.4 Å². The molecule has 0 aliphatic carbocycles. The average Bonchev–Trinajstić information content (AvgIpc) is 2.75. The number of pyridine rings is 1. The molecule has 0 aliphatic rings. The molecular weight excluding hydrogens is 539 g/mol. The van der Waals surface area contributed by atoms with E-state index in [1.54, 1.807) is 17.5 Å². The van der Waals surface area contributed by atoms with Crippen LogP contribution in [-0.4, -0.2) is 39.1 Å². The van der Waals surface area contributed by atoms with Crippen molar-refractivity contribution >= 4 is 51.4 Å². The predicted octanol–water partition coefficient (Wildman–Crippen LogP) is 5.14. The van der Waals surface area contributed by atoms with Crippen LogP contribution in [0.25, 0.3) is 5.70 Å². The third-order valence-corrected chi connectivity index (χ3v) is 6.55. The molecule has 9 heteroatoms. The van der Waals surface area contributed by atoms with Crippen LogP contribution in [0, 0.1) is 6.92 Å². The minimum absolute atomic E-state index is 0.0673. The molecule has 2 rings (SSSR count). The quantitative estimate of drug-likeness (QED) is 0.180.